The van der Waals surface area contributed by atoms with Crippen LogP contribution in [0.1, 0.15) is 22.3 Å². The molecule has 0 saturated carbocycles. The Balaban J connectivity index is 1.13. The average Bonchev–Trinajstić information content (AvgIpc) is 3.78. The fourth-order valence-electron chi connectivity index (χ4n) is 10.3. The van der Waals surface area contributed by atoms with Crippen molar-refractivity contribution in [2.45, 2.75) is 5.41 Å². The highest BCUT2D eigenvalue weighted by atomic mass is 15.1. The molecule has 2 aliphatic rings. The van der Waals surface area contributed by atoms with Gasteiger partial charge in [-0.3, -0.25) is 0 Å². The summed E-state index contributed by atoms with van der Waals surface area (Å²) in [4.78, 5) is 2.43. The first-order valence-corrected chi connectivity index (χ1v) is 20.2. The summed E-state index contributed by atoms with van der Waals surface area (Å²) in [7, 11) is 0. The molecule has 0 aromatic heterocycles. The van der Waals surface area contributed by atoms with Gasteiger partial charge >= 0.3 is 0 Å². The molecule has 0 saturated heterocycles. The Bertz CT molecular complexity index is 3170. The van der Waals surface area contributed by atoms with Crippen LogP contribution in [0.15, 0.2) is 224 Å². The highest BCUT2D eigenvalue weighted by Gasteiger charge is 2.53. The number of hydrogen-bond donors (Lipinski definition) is 0. The van der Waals surface area contributed by atoms with Gasteiger partial charge in [-0.25, -0.2) is 0 Å². The summed E-state index contributed by atoms with van der Waals surface area (Å²) in [6.45, 7) is 0. The van der Waals surface area contributed by atoms with Gasteiger partial charge in [0.25, 0.3) is 0 Å². The number of nitrogens with zero attached hydrogens (tertiary/aromatic N) is 1. The summed E-state index contributed by atoms with van der Waals surface area (Å²) < 4.78 is 0. The first-order chi connectivity index (χ1) is 28.8. The number of benzene rings is 10. The first kappa shape index (κ1) is 32.7. The highest BCUT2D eigenvalue weighted by Crippen LogP contribution is 2.65. The molecular formula is C57H37N. The van der Waals surface area contributed by atoms with E-state index in [0.29, 0.717) is 0 Å². The van der Waals surface area contributed by atoms with E-state index in [1.807, 2.05) is 0 Å². The molecule has 12 rings (SSSR count). The van der Waals surface area contributed by atoms with Crippen molar-refractivity contribution in [3.8, 4) is 44.5 Å². The van der Waals surface area contributed by atoms with E-state index >= 15 is 0 Å². The second kappa shape index (κ2) is 12.8. The zero-order valence-electron chi connectivity index (χ0n) is 31.8. The molecular weight excluding hydrogens is 699 g/mol. The van der Waals surface area contributed by atoms with E-state index in [-0.39, 0.29) is 0 Å². The zero-order valence-corrected chi connectivity index (χ0v) is 31.8. The maximum Gasteiger partial charge on any atom is 0.0737 e. The van der Waals surface area contributed by atoms with E-state index in [0.717, 1.165) is 17.1 Å². The quantitative estimate of drug-likeness (QED) is 0.170. The van der Waals surface area contributed by atoms with Crippen molar-refractivity contribution in [1.29, 1.82) is 0 Å². The molecule has 0 radical (unpaired) electrons. The van der Waals surface area contributed by atoms with Crippen LogP contribution in [-0.2, 0) is 5.41 Å². The average molecular weight is 736 g/mol. The van der Waals surface area contributed by atoms with Gasteiger partial charge in [0.05, 0.1) is 11.1 Å². The van der Waals surface area contributed by atoms with Crippen molar-refractivity contribution in [3.05, 3.63) is 247 Å². The molecule has 0 fully saturated rings. The maximum absolute atomic E-state index is 2.43. The van der Waals surface area contributed by atoms with Gasteiger partial charge in [0.15, 0.2) is 0 Å². The van der Waals surface area contributed by atoms with Gasteiger partial charge in [-0.1, -0.05) is 188 Å². The fraction of sp³-hybridized carbons (Fsp3) is 0.0175. The van der Waals surface area contributed by atoms with Crippen molar-refractivity contribution in [2.24, 2.45) is 0 Å². The summed E-state index contributed by atoms with van der Waals surface area (Å²) in [6.07, 6.45) is 0. The number of rotatable bonds is 5. The Morgan fingerprint density at radius 1 is 0.293 bits per heavy atom. The van der Waals surface area contributed by atoms with E-state index in [2.05, 4.69) is 229 Å². The van der Waals surface area contributed by atoms with Gasteiger partial charge in [0.2, 0.25) is 0 Å². The van der Waals surface area contributed by atoms with Crippen LogP contribution in [-0.4, -0.2) is 0 Å². The van der Waals surface area contributed by atoms with Crippen molar-refractivity contribution >= 4 is 38.6 Å². The molecule has 10 aromatic rings. The molecule has 2 aliphatic carbocycles. The van der Waals surface area contributed by atoms with E-state index < -0.39 is 5.41 Å². The fourth-order valence-corrected chi connectivity index (χ4v) is 10.3. The summed E-state index contributed by atoms with van der Waals surface area (Å²) in [6, 6.07) is 83.0. The lowest BCUT2D eigenvalue weighted by Gasteiger charge is -2.33. The van der Waals surface area contributed by atoms with Crippen LogP contribution in [0.4, 0.5) is 17.1 Å². The lowest BCUT2D eigenvalue weighted by atomic mass is 9.68. The van der Waals surface area contributed by atoms with Gasteiger partial charge in [0, 0.05) is 16.9 Å². The van der Waals surface area contributed by atoms with Gasteiger partial charge < -0.3 is 4.90 Å². The summed E-state index contributed by atoms with van der Waals surface area (Å²) >= 11 is 0. The molecule has 1 nitrogen and oxygen atoms in total. The third kappa shape index (κ3) is 4.65. The maximum atomic E-state index is 2.43. The molecule has 1 heteroatoms. The van der Waals surface area contributed by atoms with Crippen molar-refractivity contribution in [1.82, 2.24) is 0 Å². The minimum absolute atomic E-state index is 0.466. The molecule has 0 heterocycles. The number of anilines is 3. The molecule has 270 valence electrons. The second-order valence-electron chi connectivity index (χ2n) is 15.6. The first-order valence-electron chi connectivity index (χ1n) is 20.2. The summed E-state index contributed by atoms with van der Waals surface area (Å²) in [5, 5.41) is 5.09. The predicted octanol–water partition coefficient (Wildman–Crippen LogP) is 15.1. The number of para-hydroxylation sites is 1. The SMILES string of the molecule is c1ccc(-c2ccc(N(c3ccccc3)c3ccc4c5c(ccc4c3)-c3ccc4ccccc4c3C53c4ccccc4-c4ccccc43)c(-c3ccccc3)c2)cc1. The van der Waals surface area contributed by atoms with Crippen molar-refractivity contribution in [3.63, 3.8) is 0 Å². The molecule has 58 heavy (non-hydrogen) atoms. The van der Waals surface area contributed by atoms with Gasteiger partial charge in [-0.05, 0) is 119 Å². The van der Waals surface area contributed by atoms with E-state index in [9.17, 15) is 0 Å². The third-order valence-corrected chi connectivity index (χ3v) is 12.6. The van der Waals surface area contributed by atoms with E-state index in [4.69, 9.17) is 0 Å². The van der Waals surface area contributed by atoms with E-state index in [1.165, 1.54) is 88.3 Å². The smallest absolute Gasteiger partial charge is 0.0737 e. The zero-order chi connectivity index (χ0) is 38.2. The Morgan fingerprint density at radius 2 is 0.845 bits per heavy atom. The van der Waals surface area contributed by atoms with E-state index in [1.54, 1.807) is 0 Å². The van der Waals surface area contributed by atoms with Crippen LogP contribution in [0.25, 0.3) is 66.1 Å². The van der Waals surface area contributed by atoms with Crippen LogP contribution in [0.2, 0.25) is 0 Å². The highest BCUT2D eigenvalue weighted by molar-refractivity contribution is 6.09. The molecule has 0 bridgehead atoms. The van der Waals surface area contributed by atoms with Gasteiger partial charge in [-0.2, -0.15) is 0 Å². The van der Waals surface area contributed by atoms with Crippen molar-refractivity contribution < 1.29 is 0 Å². The number of hydrogen-bond acceptors (Lipinski definition) is 1. The van der Waals surface area contributed by atoms with Crippen LogP contribution < -0.4 is 4.90 Å². The van der Waals surface area contributed by atoms with Crippen LogP contribution in [0.5, 0.6) is 0 Å². The molecule has 0 unspecified atom stereocenters. The summed E-state index contributed by atoms with van der Waals surface area (Å²) in [5.41, 5.74) is 18.4. The standard InChI is InChI=1S/C57H37N/c1-4-16-38(17-5-1)41-30-35-54(51(37-41)39-18-6-2-7-19-39)58(43-21-8-3-9-22-43)44-31-34-46-42(36-44)29-33-50-49-32-28-40-20-10-11-23-45(40)55(49)57(56(46)50)52-26-14-12-24-47(52)48-25-13-15-27-53(48)57/h1-37H. The molecule has 0 aliphatic heterocycles. The summed E-state index contributed by atoms with van der Waals surface area (Å²) in [5.74, 6) is 0. The van der Waals surface area contributed by atoms with Crippen molar-refractivity contribution in [2.75, 3.05) is 4.90 Å². The lowest BCUT2D eigenvalue weighted by Crippen LogP contribution is -2.26. The normalized spacial score (nSPS) is 13.0. The Hall–Kier alpha value is -7.48. The largest absolute Gasteiger partial charge is 0.310 e. The molecule has 0 N–H and O–H groups in total. The Morgan fingerprint density at radius 3 is 1.53 bits per heavy atom. The minimum atomic E-state index is -0.466. The van der Waals surface area contributed by atoms with Crippen LogP contribution in [0.3, 0.4) is 0 Å². The molecule has 10 aromatic carbocycles. The topological polar surface area (TPSA) is 3.24 Å². The van der Waals surface area contributed by atoms with Gasteiger partial charge in [0.1, 0.15) is 0 Å². The molecule has 1 spiro atoms. The van der Waals surface area contributed by atoms with Crippen LogP contribution >= 0.6 is 0 Å². The lowest BCUT2D eigenvalue weighted by molar-refractivity contribution is 0.809. The van der Waals surface area contributed by atoms with Gasteiger partial charge in [-0.15, -0.1) is 0 Å². The Kier molecular flexibility index (Phi) is 7.21. The van der Waals surface area contributed by atoms with Crippen LogP contribution in [0, 0.1) is 0 Å². The predicted molar refractivity (Wildman–Crippen MR) is 243 cm³/mol. The third-order valence-electron chi connectivity index (χ3n) is 12.6. The second-order valence-corrected chi connectivity index (χ2v) is 15.6. The Labute approximate surface area is 338 Å². The number of fused-ring (bicyclic) bond motifs is 14. The molecule has 0 atom stereocenters. The monoisotopic (exact) mass is 735 g/mol. The molecule has 0 amide bonds. The minimum Gasteiger partial charge on any atom is -0.310 e.